The van der Waals surface area contributed by atoms with Gasteiger partial charge in [-0.3, -0.25) is 9.59 Å². The summed E-state index contributed by atoms with van der Waals surface area (Å²) in [4.78, 5) is 27.7. The first-order valence-electron chi connectivity index (χ1n) is 9.06. The number of amides is 2. The second kappa shape index (κ2) is 7.98. The SMILES string of the molecule is Cc1cc(C(=O)NCC2CC(C)N(C(=O)c3ccc(C)c(C)c3Cl)C2)sn1. The fourth-order valence-corrected chi connectivity index (χ4v) is 4.44. The maximum atomic E-state index is 13.0. The average molecular weight is 406 g/mol. The van der Waals surface area contributed by atoms with Crippen LogP contribution in [0.25, 0.3) is 0 Å². The lowest BCUT2D eigenvalue weighted by Crippen LogP contribution is -2.35. The fraction of sp³-hybridized carbons (Fsp3) is 0.450. The number of nitrogens with one attached hydrogen (secondary N) is 1. The van der Waals surface area contributed by atoms with Crippen molar-refractivity contribution in [3.63, 3.8) is 0 Å². The van der Waals surface area contributed by atoms with Crippen LogP contribution >= 0.6 is 23.1 Å². The van der Waals surface area contributed by atoms with Crippen LogP contribution in [-0.2, 0) is 0 Å². The van der Waals surface area contributed by atoms with Gasteiger partial charge in [0.2, 0.25) is 0 Å². The van der Waals surface area contributed by atoms with Crippen molar-refractivity contribution in [3.05, 3.63) is 50.5 Å². The minimum atomic E-state index is -0.102. The van der Waals surface area contributed by atoms with Crippen LogP contribution in [0.4, 0.5) is 0 Å². The van der Waals surface area contributed by atoms with Crippen molar-refractivity contribution in [1.82, 2.24) is 14.6 Å². The molecule has 1 aromatic heterocycles. The highest BCUT2D eigenvalue weighted by atomic mass is 35.5. The fourth-order valence-electron chi connectivity index (χ4n) is 3.47. The van der Waals surface area contributed by atoms with Crippen LogP contribution < -0.4 is 5.32 Å². The standard InChI is InChI=1S/C20H24ClN3O2S/c1-11-5-6-16(18(21)14(11)4)20(26)24-10-15(8-13(24)3)9-22-19(25)17-7-12(2)23-27-17/h5-7,13,15H,8-10H2,1-4H3,(H,22,25). The van der Waals surface area contributed by atoms with E-state index in [1.54, 1.807) is 12.1 Å². The zero-order valence-corrected chi connectivity index (χ0v) is 17.6. The Labute approximate surface area is 168 Å². The molecule has 0 bridgehead atoms. The van der Waals surface area contributed by atoms with Crippen LogP contribution in [0.2, 0.25) is 5.02 Å². The van der Waals surface area contributed by atoms with Crippen molar-refractivity contribution in [3.8, 4) is 0 Å². The predicted octanol–water partition coefficient (Wildman–Crippen LogP) is 4.00. The number of carbonyl (C=O) groups excluding carboxylic acids is 2. The Morgan fingerprint density at radius 1 is 1.33 bits per heavy atom. The van der Waals surface area contributed by atoms with Gasteiger partial charge in [0.25, 0.3) is 11.8 Å². The van der Waals surface area contributed by atoms with E-state index in [4.69, 9.17) is 11.6 Å². The summed E-state index contributed by atoms with van der Waals surface area (Å²) in [5, 5.41) is 3.50. The molecule has 2 unspecified atom stereocenters. The highest BCUT2D eigenvalue weighted by molar-refractivity contribution is 7.08. The third kappa shape index (κ3) is 4.17. The third-order valence-corrected chi connectivity index (χ3v) is 6.58. The molecule has 3 rings (SSSR count). The van der Waals surface area contributed by atoms with Gasteiger partial charge in [-0.15, -0.1) is 0 Å². The van der Waals surface area contributed by atoms with Gasteiger partial charge in [0.15, 0.2) is 0 Å². The molecule has 27 heavy (non-hydrogen) atoms. The molecule has 1 aliphatic rings. The summed E-state index contributed by atoms with van der Waals surface area (Å²) in [6.45, 7) is 8.99. The Hall–Kier alpha value is -1.92. The topological polar surface area (TPSA) is 62.3 Å². The Bertz CT molecular complexity index is 880. The van der Waals surface area contributed by atoms with Gasteiger partial charge in [-0.1, -0.05) is 17.7 Å². The Morgan fingerprint density at radius 2 is 2.07 bits per heavy atom. The highest BCUT2D eigenvalue weighted by Crippen LogP contribution is 2.29. The molecule has 1 N–H and O–H groups in total. The van der Waals surface area contributed by atoms with Gasteiger partial charge >= 0.3 is 0 Å². The van der Waals surface area contributed by atoms with Gasteiger partial charge in [0.1, 0.15) is 4.88 Å². The van der Waals surface area contributed by atoms with E-state index in [1.165, 1.54) is 11.5 Å². The maximum Gasteiger partial charge on any atom is 0.263 e. The van der Waals surface area contributed by atoms with Crippen LogP contribution in [-0.4, -0.2) is 40.2 Å². The molecule has 0 aliphatic carbocycles. The van der Waals surface area contributed by atoms with E-state index >= 15 is 0 Å². The van der Waals surface area contributed by atoms with Crippen LogP contribution in [0.15, 0.2) is 18.2 Å². The number of benzene rings is 1. The Morgan fingerprint density at radius 3 is 2.74 bits per heavy atom. The second-order valence-corrected chi connectivity index (χ2v) is 8.50. The average Bonchev–Trinajstić information content (AvgIpc) is 3.23. The Balaban J connectivity index is 1.63. The minimum Gasteiger partial charge on any atom is -0.351 e. The first kappa shape index (κ1) is 19.8. The van der Waals surface area contributed by atoms with Crippen LogP contribution in [0.5, 0.6) is 0 Å². The molecule has 0 spiro atoms. The molecule has 1 fully saturated rings. The lowest BCUT2D eigenvalue weighted by Gasteiger charge is -2.23. The van der Waals surface area contributed by atoms with Gasteiger partial charge in [0.05, 0.1) is 16.3 Å². The predicted molar refractivity (Wildman–Crippen MR) is 109 cm³/mol. The van der Waals surface area contributed by atoms with E-state index < -0.39 is 0 Å². The molecular weight excluding hydrogens is 382 g/mol. The van der Waals surface area contributed by atoms with Crippen molar-refractivity contribution >= 4 is 34.9 Å². The first-order valence-corrected chi connectivity index (χ1v) is 10.2. The number of aryl methyl sites for hydroxylation is 2. The van der Waals surface area contributed by atoms with Crippen LogP contribution in [0.1, 0.15) is 50.2 Å². The normalized spacial score (nSPS) is 19.4. The van der Waals surface area contributed by atoms with E-state index in [0.29, 0.717) is 28.6 Å². The van der Waals surface area contributed by atoms with Gasteiger partial charge < -0.3 is 10.2 Å². The van der Waals surface area contributed by atoms with Crippen molar-refractivity contribution in [1.29, 1.82) is 0 Å². The molecule has 5 nitrogen and oxygen atoms in total. The van der Waals surface area contributed by atoms with Crippen molar-refractivity contribution in [2.75, 3.05) is 13.1 Å². The molecule has 1 saturated heterocycles. The molecule has 7 heteroatoms. The summed E-state index contributed by atoms with van der Waals surface area (Å²) in [6, 6.07) is 5.64. The first-order chi connectivity index (χ1) is 12.8. The number of hydrogen-bond donors (Lipinski definition) is 1. The van der Waals surface area contributed by atoms with E-state index in [1.807, 2.05) is 38.7 Å². The number of halogens is 1. The highest BCUT2D eigenvalue weighted by Gasteiger charge is 2.34. The summed E-state index contributed by atoms with van der Waals surface area (Å²) >= 11 is 7.63. The molecular formula is C20H24ClN3O2S. The number of aromatic nitrogens is 1. The minimum absolute atomic E-state index is 0.0393. The summed E-state index contributed by atoms with van der Waals surface area (Å²) in [5.74, 6) is 0.0879. The van der Waals surface area contributed by atoms with Crippen molar-refractivity contribution in [2.24, 2.45) is 5.92 Å². The second-order valence-electron chi connectivity index (χ2n) is 7.32. The Kier molecular flexibility index (Phi) is 5.86. The summed E-state index contributed by atoms with van der Waals surface area (Å²) in [6.07, 6.45) is 0.857. The molecule has 2 heterocycles. The summed E-state index contributed by atoms with van der Waals surface area (Å²) in [7, 11) is 0. The molecule has 2 aromatic rings. The maximum absolute atomic E-state index is 13.0. The molecule has 0 saturated carbocycles. The zero-order chi connectivity index (χ0) is 19.7. The van der Waals surface area contributed by atoms with E-state index in [9.17, 15) is 9.59 Å². The molecule has 2 amide bonds. The van der Waals surface area contributed by atoms with Crippen molar-refractivity contribution < 1.29 is 9.59 Å². The van der Waals surface area contributed by atoms with E-state index in [2.05, 4.69) is 9.69 Å². The van der Waals surface area contributed by atoms with Gasteiger partial charge in [-0.2, -0.15) is 4.37 Å². The van der Waals surface area contributed by atoms with E-state index in [-0.39, 0.29) is 23.8 Å². The quantitative estimate of drug-likeness (QED) is 0.836. The number of rotatable bonds is 4. The third-order valence-electron chi connectivity index (χ3n) is 5.21. The zero-order valence-electron chi connectivity index (χ0n) is 16.0. The number of carbonyl (C=O) groups is 2. The van der Waals surface area contributed by atoms with Gasteiger partial charge in [-0.05, 0) is 74.8 Å². The molecule has 0 radical (unpaired) electrons. The summed E-state index contributed by atoms with van der Waals surface area (Å²) < 4.78 is 4.14. The van der Waals surface area contributed by atoms with Crippen LogP contribution in [0, 0.1) is 26.7 Å². The molecule has 144 valence electrons. The summed E-state index contributed by atoms with van der Waals surface area (Å²) in [5.41, 5.74) is 3.42. The smallest absolute Gasteiger partial charge is 0.263 e. The van der Waals surface area contributed by atoms with E-state index in [0.717, 1.165) is 23.2 Å². The van der Waals surface area contributed by atoms with Gasteiger partial charge in [0, 0.05) is 19.1 Å². The molecule has 1 aliphatic heterocycles. The number of likely N-dealkylation sites (tertiary alicyclic amines) is 1. The lowest BCUT2D eigenvalue weighted by atomic mass is 10.0. The monoisotopic (exact) mass is 405 g/mol. The van der Waals surface area contributed by atoms with Gasteiger partial charge in [-0.25, -0.2) is 0 Å². The largest absolute Gasteiger partial charge is 0.351 e. The lowest BCUT2D eigenvalue weighted by molar-refractivity contribution is 0.0743. The number of hydrogen-bond acceptors (Lipinski definition) is 4. The van der Waals surface area contributed by atoms with Crippen molar-refractivity contribution in [2.45, 2.75) is 40.2 Å². The molecule has 2 atom stereocenters. The molecule has 1 aromatic carbocycles. The number of nitrogens with zero attached hydrogens (tertiary/aromatic N) is 2. The van der Waals surface area contributed by atoms with Crippen LogP contribution in [0.3, 0.4) is 0 Å².